The summed E-state index contributed by atoms with van der Waals surface area (Å²) in [4.78, 5) is 2.26. The molecule has 128 valence electrons. The number of phenols is 1. The van der Waals surface area contributed by atoms with Gasteiger partial charge in [-0.3, -0.25) is 4.90 Å². The number of benzene rings is 2. The van der Waals surface area contributed by atoms with Crippen LogP contribution in [0.1, 0.15) is 29.3 Å². The van der Waals surface area contributed by atoms with E-state index in [9.17, 15) is 9.50 Å². The van der Waals surface area contributed by atoms with Crippen LogP contribution in [-0.4, -0.2) is 21.1 Å². The Morgan fingerprint density at radius 1 is 0.960 bits per heavy atom. The first-order chi connectivity index (χ1) is 12.2. The predicted octanol–water partition coefficient (Wildman–Crippen LogP) is 4.33. The zero-order valence-corrected chi connectivity index (χ0v) is 14.0. The highest BCUT2D eigenvalue weighted by Crippen LogP contribution is 2.35. The molecule has 1 aliphatic rings. The number of halogens is 1. The minimum Gasteiger partial charge on any atom is -0.508 e. The van der Waals surface area contributed by atoms with Crippen molar-refractivity contribution in [3.05, 3.63) is 89.5 Å². The van der Waals surface area contributed by atoms with Gasteiger partial charge in [-0.15, -0.1) is 0 Å². The van der Waals surface area contributed by atoms with Gasteiger partial charge in [-0.25, -0.2) is 4.39 Å². The lowest BCUT2D eigenvalue weighted by Crippen LogP contribution is -2.30. The minimum absolute atomic E-state index is 0.168. The fourth-order valence-electron chi connectivity index (χ4n) is 3.73. The maximum absolute atomic E-state index is 14.6. The van der Waals surface area contributed by atoms with Gasteiger partial charge in [-0.2, -0.15) is 0 Å². The predicted molar refractivity (Wildman–Crippen MR) is 95.8 cm³/mol. The molecule has 1 N–H and O–H groups in total. The Morgan fingerprint density at radius 3 is 2.60 bits per heavy atom. The van der Waals surface area contributed by atoms with Crippen LogP contribution in [0.25, 0.3) is 0 Å². The molecule has 0 unspecified atom stereocenters. The first-order valence-corrected chi connectivity index (χ1v) is 8.64. The number of nitrogens with zero attached hydrogens (tertiary/aromatic N) is 2. The van der Waals surface area contributed by atoms with Crippen LogP contribution < -0.4 is 0 Å². The summed E-state index contributed by atoms with van der Waals surface area (Å²) in [5.74, 6) is 0.0962. The summed E-state index contributed by atoms with van der Waals surface area (Å²) in [6.07, 6.45) is 3.05. The van der Waals surface area contributed by atoms with E-state index >= 15 is 0 Å². The largest absolute Gasteiger partial charge is 0.508 e. The molecule has 2 aromatic carbocycles. The van der Waals surface area contributed by atoms with E-state index in [0.717, 1.165) is 30.8 Å². The smallest absolute Gasteiger partial charge is 0.128 e. The van der Waals surface area contributed by atoms with Gasteiger partial charge in [-0.1, -0.05) is 36.4 Å². The van der Waals surface area contributed by atoms with E-state index in [4.69, 9.17) is 0 Å². The number of para-hydroxylation sites is 1. The SMILES string of the molecule is Oc1ccccc1CN1CCCn2cccc2[C@@H]1c1ccccc1F. The average molecular weight is 336 g/mol. The van der Waals surface area contributed by atoms with Crippen molar-refractivity contribution in [1.29, 1.82) is 0 Å². The Balaban J connectivity index is 1.78. The molecule has 3 aromatic rings. The van der Waals surface area contributed by atoms with Crippen molar-refractivity contribution in [3.63, 3.8) is 0 Å². The van der Waals surface area contributed by atoms with E-state index in [-0.39, 0.29) is 17.6 Å². The summed E-state index contributed by atoms with van der Waals surface area (Å²) in [6.45, 7) is 2.34. The summed E-state index contributed by atoms with van der Waals surface area (Å²) in [6, 6.07) is 18.3. The van der Waals surface area contributed by atoms with E-state index in [1.807, 2.05) is 36.4 Å². The summed E-state index contributed by atoms with van der Waals surface area (Å²) in [7, 11) is 0. The molecule has 2 heterocycles. The number of hydrogen-bond donors (Lipinski definition) is 1. The van der Waals surface area contributed by atoms with Crippen LogP contribution >= 0.6 is 0 Å². The molecule has 1 aliphatic heterocycles. The standard InChI is InChI=1S/C21H21FN2O/c22-18-9-3-2-8-17(18)21-19-10-5-12-23(19)13-6-14-24(21)15-16-7-1-4-11-20(16)25/h1-5,7-12,21,25H,6,13-15H2/t21-/m0/s1. The Kier molecular flexibility index (Phi) is 4.28. The van der Waals surface area contributed by atoms with Gasteiger partial charge in [0, 0.05) is 42.7 Å². The van der Waals surface area contributed by atoms with Crippen molar-refractivity contribution in [2.24, 2.45) is 0 Å². The van der Waals surface area contributed by atoms with Gasteiger partial charge >= 0.3 is 0 Å². The lowest BCUT2D eigenvalue weighted by atomic mass is 10.0. The van der Waals surface area contributed by atoms with Crippen molar-refractivity contribution in [2.45, 2.75) is 25.6 Å². The highest BCUT2D eigenvalue weighted by atomic mass is 19.1. The molecule has 0 radical (unpaired) electrons. The number of aromatic nitrogens is 1. The second-order valence-corrected chi connectivity index (χ2v) is 6.50. The number of fused-ring (bicyclic) bond motifs is 1. The Hall–Kier alpha value is -2.59. The molecule has 0 bridgehead atoms. The maximum atomic E-state index is 14.6. The fourth-order valence-corrected chi connectivity index (χ4v) is 3.73. The van der Waals surface area contributed by atoms with Gasteiger partial charge < -0.3 is 9.67 Å². The molecule has 0 amide bonds. The van der Waals surface area contributed by atoms with E-state index in [1.54, 1.807) is 12.1 Å². The first kappa shape index (κ1) is 15.9. The molecule has 3 nitrogen and oxygen atoms in total. The summed E-state index contributed by atoms with van der Waals surface area (Å²) in [5.41, 5.74) is 2.64. The molecule has 0 saturated carbocycles. The van der Waals surface area contributed by atoms with Crippen LogP contribution in [0, 0.1) is 5.82 Å². The number of rotatable bonds is 3. The zero-order valence-electron chi connectivity index (χ0n) is 14.0. The average Bonchev–Trinajstić information content (AvgIpc) is 3.00. The quantitative estimate of drug-likeness (QED) is 0.771. The van der Waals surface area contributed by atoms with E-state index in [1.165, 1.54) is 6.07 Å². The lowest BCUT2D eigenvalue weighted by molar-refractivity contribution is 0.214. The van der Waals surface area contributed by atoms with Gasteiger partial charge in [0.05, 0.1) is 6.04 Å². The number of aromatic hydroxyl groups is 1. The van der Waals surface area contributed by atoms with Crippen LogP contribution in [-0.2, 0) is 13.1 Å². The van der Waals surface area contributed by atoms with Crippen LogP contribution in [0.3, 0.4) is 0 Å². The third-order valence-electron chi connectivity index (χ3n) is 4.92. The van der Waals surface area contributed by atoms with E-state index in [2.05, 4.69) is 21.7 Å². The second kappa shape index (κ2) is 6.73. The monoisotopic (exact) mass is 336 g/mol. The minimum atomic E-state index is -0.190. The first-order valence-electron chi connectivity index (χ1n) is 8.64. The molecule has 25 heavy (non-hydrogen) atoms. The van der Waals surface area contributed by atoms with E-state index in [0.29, 0.717) is 12.1 Å². The molecule has 0 aliphatic carbocycles. The Bertz CT molecular complexity index is 874. The third kappa shape index (κ3) is 3.05. The van der Waals surface area contributed by atoms with Gasteiger partial charge in [0.1, 0.15) is 11.6 Å². The topological polar surface area (TPSA) is 28.4 Å². The Morgan fingerprint density at radius 2 is 1.76 bits per heavy atom. The Labute approximate surface area is 147 Å². The van der Waals surface area contributed by atoms with Gasteiger partial charge in [0.2, 0.25) is 0 Å². The van der Waals surface area contributed by atoms with Crippen LogP contribution in [0.5, 0.6) is 5.75 Å². The van der Waals surface area contributed by atoms with Crippen LogP contribution in [0.2, 0.25) is 0 Å². The highest BCUT2D eigenvalue weighted by Gasteiger charge is 2.29. The van der Waals surface area contributed by atoms with Crippen LogP contribution in [0.4, 0.5) is 4.39 Å². The van der Waals surface area contributed by atoms with Gasteiger partial charge in [0.15, 0.2) is 0 Å². The molecule has 1 atom stereocenters. The summed E-state index contributed by atoms with van der Waals surface area (Å²) < 4.78 is 16.8. The summed E-state index contributed by atoms with van der Waals surface area (Å²) >= 11 is 0. The molecule has 1 aromatic heterocycles. The molecular formula is C21H21FN2O. The van der Waals surface area contributed by atoms with Gasteiger partial charge in [0.25, 0.3) is 0 Å². The molecule has 0 saturated heterocycles. The van der Waals surface area contributed by atoms with Crippen molar-refractivity contribution in [1.82, 2.24) is 9.47 Å². The normalized spacial score (nSPS) is 17.9. The molecule has 0 fully saturated rings. The number of hydrogen-bond acceptors (Lipinski definition) is 2. The number of phenolic OH excluding ortho intramolecular Hbond substituents is 1. The second-order valence-electron chi connectivity index (χ2n) is 6.50. The molecular weight excluding hydrogens is 315 g/mol. The van der Waals surface area contributed by atoms with Gasteiger partial charge in [-0.05, 0) is 30.7 Å². The van der Waals surface area contributed by atoms with Crippen LogP contribution in [0.15, 0.2) is 66.9 Å². The third-order valence-corrected chi connectivity index (χ3v) is 4.92. The zero-order chi connectivity index (χ0) is 17.2. The molecule has 0 spiro atoms. The highest BCUT2D eigenvalue weighted by molar-refractivity contribution is 5.34. The lowest BCUT2D eigenvalue weighted by Gasteiger charge is -2.31. The number of aryl methyl sites for hydroxylation is 1. The summed E-state index contributed by atoms with van der Waals surface area (Å²) in [5, 5.41) is 10.2. The molecule has 4 heteroatoms. The molecule has 4 rings (SSSR count). The van der Waals surface area contributed by atoms with Crippen molar-refractivity contribution in [2.75, 3.05) is 6.54 Å². The van der Waals surface area contributed by atoms with Crippen molar-refractivity contribution < 1.29 is 9.50 Å². The maximum Gasteiger partial charge on any atom is 0.128 e. The van der Waals surface area contributed by atoms with Crippen molar-refractivity contribution in [3.8, 4) is 5.75 Å². The van der Waals surface area contributed by atoms with Crippen molar-refractivity contribution >= 4 is 0 Å². The van der Waals surface area contributed by atoms with E-state index < -0.39 is 0 Å². The fraction of sp³-hybridized carbons (Fsp3) is 0.238.